The number of carbonyl (C=O) groups is 1. The largest absolute Gasteiger partial charge is 0.494 e. The van der Waals surface area contributed by atoms with Crippen LogP contribution < -0.4 is 24.4 Å². The van der Waals surface area contributed by atoms with Gasteiger partial charge in [-0.25, -0.2) is 4.79 Å². The maximum Gasteiger partial charge on any atom is 0.327 e. The Labute approximate surface area is 213 Å². The van der Waals surface area contributed by atoms with Gasteiger partial charge in [0.1, 0.15) is 5.75 Å². The average Bonchev–Trinajstić information content (AvgIpc) is 3.59. The van der Waals surface area contributed by atoms with Gasteiger partial charge in [-0.1, -0.05) is 35.5 Å². The van der Waals surface area contributed by atoms with E-state index in [-0.39, 0.29) is 12.8 Å². The normalized spacial score (nSPS) is 16.6. The van der Waals surface area contributed by atoms with Crippen LogP contribution in [0.1, 0.15) is 31.3 Å². The van der Waals surface area contributed by atoms with Crippen molar-refractivity contribution in [3.8, 4) is 28.6 Å². The molecule has 37 heavy (non-hydrogen) atoms. The van der Waals surface area contributed by atoms with Crippen LogP contribution in [-0.4, -0.2) is 29.6 Å². The molecule has 0 aliphatic carbocycles. The van der Waals surface area contributed by atoms with Crippen LogP contribution in [0.3, 0.4) is 0 Å². The van der Waals surface area contributed by atoms with E-state index in [1.54, 1.807) is 17.0 Å². The molecular formula is C28H24N4O5. The molecule has 0 saturated heterocycles. The number of rotatable bonds is 6. The van der Waals surface area contributed by atoms with Gasteiger partial charge in [0.15, 0.2) is 11.5 Å². The fraction of sp³-hybridized carbons (Fsp3) is 0.179. The lowest BCUT2D eigenvalue weighted by Crippen LogP contribution is -2.46. The molecule has 1 aromatic heterocycles. The number of allylic oxidation sites excluding steroid dienone is 1. The number of amides is 2. The third kappa shape index (κ3) is 4.14. The Morgan fingerprint density at radius 3 is 2.59 bits per heavy atom. The molecule has 2 aliphatic heterocycles. The summed E-state index contributed by atoms with van der Waals surface area (Å²) in [6, 6.07) is 21.8. The average molecular weight is 497 g/mol. The van der Waals surface area contributed by atoms with E-state index < -0.39 is 6.04 Å². The zero-order valence-electron chi connectivity index (χ0n) is 20.3. The molecule has 3 heterocycles. The smallest absolute Gasteiger partial charge is 0.327 e. The fourth-order valence-corrected chi connectivity index (χ4v) is 4.57. The number of anilines is 1. The molecule has 9 nitrogen and oxygen atoms in total. The zero-order chi connectivity index (χ0) is 25.4. The van der Waals surface area contributed by atoms with Crippen molar-refractivity contribution >= 4 is 17.3 Å². The molecule has 2 aliphatic rings. The Morgan fingerprint density at radius 1 is 1.03 bits per heavy atom. The van der Waals surface area contributed by atoms with Gasteiger partial charge in [0.25, 0.3) is 5.89 Å². The van der Waals surface area contributed by atoms with Crippen LogP contribution in [0.15, 0.2) is 83.0 Å². The summed E-state index contributed by atoms with van der Waals surface area (Å²) in [5.41, 5.74) is 3.69. The first-order valence-corrected chi connectivity index (χ1v) is 12.0. The number of hydrogen-bond acceptors (Lipinski definition) is 7. The highest BCUT2D eigenvalue weighted by molar-refractivity contribution is 6.01. The van der Waals surface area contributed by atoms with Gasteiger partial charge in [0.2, 0.25) is 12.6 Å². The minimum atomic E-state index is -0.479. The Balaban J connectivity index is 1.44. The number of hydrogen-bond donors (Lipinski definition) is 1. The van der Waals surface area contributed by atoms with Crippen LogP contribution >= 0.6 is 0 Å². The second-order valence-corrected chi connectivity index (χ2v) is 8.55. The molecule has 0 spiro atoms. The molecule has 1 atom stereocenters. The third-order valence-electron chi connectivity index (χ3n) is 6.31. The molecule has 186 valence electrons. The number of aromatic nitrogens is 2. The third-order valence-corrected chi connectivity index (χ3v) is 6.31. The predicted molar refractivity (Wildman–Crippen MR) is 136 cm³/mol. The Hall–Kier alpha value is -4.79. The van der Waals surface area contributed by atoms with Gasteiger partial charge in [0, 0.05) is 17.3 Å². The molecular weight excluding hydrogens is 472 g/mol. The van der Waals surface area contributed by atoms with Crippen molar-refractivity contribution in [3.05, 3.63) is 89.9 Å². The van der Waals surface area contributed by atoms with Crippen LogP contribution in [0.5, 0.6) is 17.2 Å². The van der Waals surface area contributed by atoms with Gasteiger partial charge in [-0.2, -0.15) is 4.98 Å². The van der Waals surface area contributed by atoms with Crippen molar-refractivity contribution < 1.29 is 23.5 Å². The van der Waals surface area contributed by atoms with Crippen LogP contribution in [0.2, 0.25) is 0 Å². The van der Waals surface area contributed by atoms with Crippen LogP contribution in [0, 0.1) is 0 Å². The highest BCUT2D eigenvalue weighted by Gasteiger charge is 2.37. The number of urea groups is 1. The number of nitrogens with one attached hydrogen (secondary N) is 1. The van der Waals surface area contributed by atoms with Crippen molar-refractivity contribution in [2.24, 2.45) is 0 Å². The van der Waals surface area contributed by atoms with E-state index in [9.17, 15) is 4.79 Å². The van der Waals surface area contributed by atoms with E-state index in [4.69, 9.17) is 23.7 Å². The molecule has 6 rings (SSSR count). The summed E-state index contributed by atoms with van der Waals surface area (Å²) in [6.45, 7) is 4.55. The molecule has 0 saturated carbocycles. The summed E-state index contributed by atoms with van der Waals surface area (Å²) in [7, 11) is 0. The van der Waals surface area contributed by atoms with Gasteiger partial charge in [0.05, 0.1) is 23.9 Å². The number of carbonyl (C=O) groups excluding carboxylic acids is 1. The number of nitrogens with zero attached hydrogens (tertiary/aromatic N) is 3. The first-order chi connectivity index (χ1) is 18.1. The molecule has 0 fully saturated rings. The van der Waals surface area contributed by atoms with Gasteiger partial charge >= 0.3 is 6.03 Å². The Bertz CT molecular complexity index is 1480. The number of fused-ring (bicyclic) bond motifs is 1. The summed E-state index contributed by atoms with van der Waals surface area (Å²) in [5.74, 6) is 2.76. The highest BCUT2D eigenvalue weighted by atomic mass is 16.7. The molecule has 3 aromatic carbocycles. The quantitative estimate of drug-likeness (QED) is 0.373. The first-order valence-electron chi connectivity index (χ1n) is 12.0. The summed E-state index contributed by atoms with van der Waals surface area (Å²) in [4.78, 5) is 19.7. The Kier molecular flexibility index (Phi) is 5.72. The molecule has 2 amide bonds. The van der Waals surface area contributed by atoms with Crippen LogP contribution in [0.25, 0.3) is 17.0 Å². The lowest BCUT2D eigenvalue weighted by atomic mass is 9.94. The van der Waals surface area contributed by atoms with Crippen LogP contribution in [0.4, 0.5) is 10.5 Å². The second-order valence-electron chi connectivity index (χ2n) is 8.55. The minimum Gasteiger partial charge on any atom is -0.494 e. The second kappa shape index (κ2) is 9.34. The van der Waals surface area contributed by atoms with E-state index in [1.165, 1.54) is 0 Å². The topological polar surface area (TPSA) is 99.0 Å². The van der Waals surface area contributed by atoms with E-state index >= 15 is 0 Å². The maximum atomic E-state index is 13.4. The Morgan fingerprint density at radius 2 is 1.81 bits per heavy atom. The SMILES string of the molecule is CCOc1ccc(-c2noc(C3=C(C)N(c4ccc5c(c4)OCO5)C(=O)NC3c3ccccc3)n2)cc1. The summed E-state index contributed by atoms with van der Waals surface area (Å²) < 4.78 is 22.3. The molecule has 1 N–H and O–H groups in total. The lowest BCUT2D eigenvalue weighted by molar-refractivity contribution is 0.174. The number of ether oxygens (including phenoxy) is 3. The van der Waals surface area contributed by atoms with E-state index in [2.05, 4.69) is 10.5 Å². The standard InChI is InChI=1S/C28H24N4O5/c1-3-34-21-12-9-19(10-13-21)26-30-27(37-31-26)24-17(2)32(20-11-14-22-23(15-20)36-16-35-22)28(33)29-25(24)18-7-5-4-6-8-18/h4-15,25H,3,16H2,1-2H3,(H,29,33). The van der Waals surface area contributed by atoms with Crippen molar-refractivity contribution in [1.82, 2.24) is 15.5 Å². The van der Waals surface area contributed by atoms with E-state index in [0.717, 1.165) is 16.9 Å². The summed E-state index contributed by atoms with van der Waals surface area (Å²) in [5, 5.41) is 7.35. The van der Waals surface area contributed by atoms with Crippen LogP contribution in [-0.2, 0) is 0 Å². The van der Waals surface area contributed by atoms with Crippen molar-refractivity contribution in [2.45, 2.75) is 19.9 Å². The first kappa shape index (κ1) is 22.7. The fourth-order valence-electron chi connectivity index (χ4n) is 4.57. The van der Waals surface area contributed by atoms with Gasteiger partial charge < -0.3 is 24.1 Å². The molecule has 4 aromatic rings. The van der Waals surface area contributed by atoms with Crippen molar-refractivity contribution in [2.75, 3.05) is 18.3 Å². The van der Waals surface area contributed by atoms with E-state index in [1.807, 2.05) is 74.5 Å². The zero-order valence-corrected chi connectivity index (χ0v) is 20.3. The van der Waals surface area contributed by atoms with Gasteiger partial charge in [-0.3, -0.25) is 4.90 Å². The monoisotopic (exact) mass is 496 g/mol. The minimum absolute atomic E-state index is 0.150. The lowest BCUT2D eigenvalue weighted by Gasteiger charge is -2.35. The van der Waals surface area contributed by atoms with Crippen molar-refractivity contribution in [3.63, 3.8) is 0 Å². The van der Waals surface area contributed by atoms with Crippen molar-refractivity contribution in [1.29, 1.82) is 0 Å². The van der Waals surface area contributed by atoms with Gasteiger partial charge in [-0.05, 0) is 55.8 Å². The summed E-state index contributed by atoms with van der Waals surface area (Å²) in [6.07, 6.45) is 0. The molecule has 0 radical (unpaired) electrons. The summed E-state index contributed by atoms with van der Waals surface area (Å²) >= 11 is 0. The van der Waals surface area contributed by atoms with E-state index in [0.29, 0.717) is 46.8 Å². The predicted octanol–water partition coefficient (Wildman–Crippen LogP) is 5.57. The highest BCUT2D eigenvalue weighted by Crippen LogP contribution is 2.42. The maximum absolute atomic E-state index is 13.4. The molecule has 9 heteroatoms. The number of benzene rings is 3. The molecule has 0 bridgehead atoms. The molecule has 1 unspecified atom stereocenters. The van der Waals surface area contributed by atoms with Gasteiger partial charge in [-0.15, -0.1) is 0 Å².